The van der Waals surface area contributed by atoms with E-state index in [-0.39, 0.29) is 30.6 Å². The summed E-state index contributed by atoms with van der Waals surface area (Å²) in [6, 6.07) is 17.6. The number of thiocarbonyl (C=S) groups is 1. The van der Waals surface area contributed by atoms with Gasteiger partial charge in [0, 0.05) is 12.1 Å². The Hall–Kier alpha value is -3.08. The van der Waals surface area contributed by atoms with Gasteiger partial charge in [0.1, 0.15) is 22.5 Å². The Balaban J connectivity index is 1.42. The number of amides is 1. The van der Waals surface area contributed by atoms with Gasteiger partial charge in [0.05, 0.1) is 20.8 Å². The molecule has 1 saturated heterocycles. The second kappa shape index (κ2) is 10.5. The topological polar surface area (TPSA) is 72.7 Å². The van der Waals surface area contributed by atoms with Crippen molar-refractivity contribution in [2.75, 3.05) is 0 Å². The Morgan fingerprint density at radius 1 is 1.09 bits per heavy atom. The SMILES string of the molecule is O=C1C(=Cc2ccc(OCc3ccc([N+](=O)[O-])cc3)c(Br)c2)SC(=S)N1Cc1ccc(F)cc1. The molecule has 6 nitrogen and oxygen atoms in total. The minimum atomic E-state index is -0.448. The molecule has 0 unspecified atom stereocenters. The second-order valence-corrected chi connectivity index (χ2v) is 9.83. The maximum absolute atomic E-state index is 13.1. The number of thioether (sulfide) groups is 1. The molecule has 34 heavy (non-hydrogen) atoms. The highest BCUT2D eigenvalue weighted by atomic mass is 79.9. The summed E-state index contributed by atoms with van der Waals surface area (Å²) >= 11 is 10.1. The summed E-state index contributed by atoms with van der Waals surface area (Å²) in [5, 5.41) is 10.8. The lowest BCUT2D eigenvalue weighted by Gasteiger charge is -2.14. The van der Waals surface area contributed by atoms with Crippen LogP contribution < -0.4 is 4.74 Å². The van der Waals surface area contributed by atoms with Crippen LogP contribution in [0.5, 0.6) is 5.75 Å². The minimum absolute atomic E-state index is 0.0253. The van der Waals surface area contributed by atoms with Gasteiger partial charge in [-0.1, -0.05) is 42.2 Å². The van der Waals surface area contributed by atoms with Crippen molar-refractivity contribution in [2.24, 2.45) is 0 Å². The van der Waals surface area contributed by atoms with Crippen molar-refractivity contribution in [3.8, 4) is 5.75 Å². The third kappa shape index (κ3) is 5.69. The van der Waals surface area contributed by atoms with Gasteiger partial charge in [-0.15, -0.1) is 0 Å². The number of carbonyl (C=O) groups is 1. The van der Waals surface area contributed by atoms with Crippen molar-refractivity contribution in [2.45, 2.75) is 13.2 Å². The van der Waals surface area contributed by atoms with E-state index in [0.717, 1.165) is 16.7 Å². The van der Waals surface area contributed by atoms with Gasteiger partial charge in [-0.05, 0) is 75.1 Å². The predicted octanol–water partition coefficient (Wildman–Crippen LogP) is 6.48. The first-order valence-electron chi connectivity index (χ1n) is 9.95. The summed E-state index contributed by atoms with van der Waals surface area (Å²) in [5.41, 5.74) is 2.40. The van der Waals surface area contributed by atoms with Crippen molar-refractivity contribution in [1.82, 2.24) is 4.90 Å². The van der Waals surface area contributed by atoms with Crippen molar-refractivity contribution in [3.05, 3.63) is 109 Å². The molecule has 0 saturated carbocycles. The molecule has 0 bridgehead atoms. The number of hydrogen-bond acceptors (Lipinski definition) is 6. The van der Waals surface area contributed by atoms with Crippen LogP contribution in [-0.4, -0.2) is 20.1 Å². The molecule has 10 heteroatoms. The van der Waals surface area contributed by atoms with E-state index in [2.05, 4.69) is 15.9 Å². The van der Waals surface area contributed by atoms with Crippen LogP contribution in [0.4, 0.5) is 10.1 Å². The Morgan fingerprint density at radius 2 is 1.76 bits per heavy atom. The smallest absolute Gasteiger partial charge is 0.269 e. The van der Waals surface area contributed by atoms with E-state index in [1.807, 2.05) is 12.1 Å². The molecule has 3 aromatic rings. The molecule has 1 amide bonds. The van der Waals surface area contributed by atoms with E-state index in [4.69, 9.17) is 17.0 Å². The lowest BCUT2D eigenvalue weighted by molar-refractivity contribution is -0.384. The molecule has 3 aromatic carbocycles. The zero-order valence-corrected chi connectivity index (χ0v) is 20.7. The van der Waals surface area contributed by atoms with Gasteiger partial charge in [-0.2, -0.15) is 0 Å². The number of hydrogen-bond donors (Lipinski definition) is 0. The Kier molecular flexibility index (Phi) is 7.40. The number of nitro benzene ring substituents is 1. The minimum Gasteiger partial charge on any atom is -0.488 e. The molecule has 0 spiro atoms. The zero-order valence-electron chi connectivity index (χ0n) is 17.4. The summed E-state index contributed by atoms with van der Waals surface area (Å²) in [6.45, 7) is 0.527. The van der Waals surface area contributed by atoms with Crippen molar-refractivity contribution in [3.63, 3.8) is 0 Å². The molecule has 0 aromatic heterocycles. The van der Waals surface area contributed by atoms with Crippen molar-refractivity contribution >= 4 is 61.9 Å². The Labute approximate surface area is 212 Å². The predicted molar refractivity (Wildman–Crippen MR) is 137 cm³/mol. The fourth-order valence-corrected chi connectivity index (χ4v) is 4.93. The highest BCUT2D eigenvalue weighted by Gasteiger charge is 2.32. The normalized spacial score (nSPS) is 14.6. The van der Waals surface area contributed by atoms with Crippen LogP contribution in [0.1, 0.15) is 16.7 Å². The van der Waals surface area contributed by atoms with Crippen LogP contribution in [-0.2, 0) is 17.9 Å². The molecule has 1 heterocycles. The van der Waals surface area contributed by atoms with Crippen LogP contribution in [0.15, 0.2) is 76.1 Å². The van der Waals surface area contributed by atoms with Crippen LogP contribution in [0.3, 0.4) is 0 Å². The number of nitrogens with zero attached hydrogens (tertiary/aromatic N) is 2. The quantitative estimate of drug-likeness (QED) is 0.143. The number of carbonyl (C=O) groups excluding carboxylic acids is 1. The molecule has 1 fully saturated rings. The van der Waals surface area contributed by atoms with E-state index in [9.17, 15) is 19.3 Å². The Bertz CT molecular complexity index is 1300. The third-order valence-electron chi connectivity index (χ3n) is 4.92. The molecule has 0 aliphatic carbocycles. The van der Waals surface area contributed by atoms with Gasteiger partial charge < -0.3 is 4.74 Å². The van der Waals surface area contributed by atoms with E-state index < -0.39 is 4.92 Å². The monoisotopic (exact) mass is 558 g/mol. The highest BCUT2D eigenvalue weighted by Crippen LogP contribution is 2.35. The molecule has 0 N–H and O–H groups in total. The number of rotatable bonds is 7. The zero-order chi connectivity index (χ0) is 24.2. The first-order chi connectivity index (χ1) is 16.3. The lowest BCUT2D eigenvalue weighted by atomic mass is 10.2. The van der Waals surface area contributed by atoms with Crippen LogP contribution in [0.2, 0.25) is 0 Å². The summed E-state index contributed by atoms with van der Waals surface area (Å²) in [5.74, 6) is 0.0630. The van der Waals surface area contributed by atoms with E-state index in [0.29, 0.717) is 19.4 Å². The number of benzene rings is 3. The first-order valence-corrected chi connectivity index (χ1v) is 12.0. The average molecular weight is 559 g/mol. The van der Waals surface area contributed by atoms with Gasteiger partial charge in [-0.25, -0.2) is 4.39 Å². The van der Waals surface area contributed by atoms with Crippen LogP contribution in [0, 0.1) is 15.9 Å². The average Bonchev–Trinajstić information content (AvgIpc) is 3.07. The molecular weight excluding hydrogens is 543 g/mol. The van der Waals surface area contributed by atoms with Gasteiger partial charge in [0.25, 0.3) is 11.6 Å². The molecule has 0 radical (unpaired) electrons. The third-order valence-corrected chi connectivity index (χ3v) is 6.92. The summed E-state index contributed by atoms with van der Waals surface area (Å²) in [6.07, 6.45) is 1.76. The Morgan fingerprint density at radius 3 is 2.41 bits per heavy atom. The number of halogens is 2. The number of non-ortho nitro benzene ring substituents is 1. The maximum atomic E-state index is 13.1. The van der Waals surface area contributed by atoms with E-state index in [1.165, 1.54) is 40.9 Å². The van der Waals surface area contributed by atoms with E-state index >= 15 is 0 Å². The standard InChI is InChI=1S/C24H16BrFN2O4S2/c25-20-11-17(5-10-21(20)32-14-16-3-8-19(9-4-16)28(30)31)12-22-23(29)27(24(33)34-22)13-15-1-6-18(26)7-2-15/h1-12H,13-14H2. The molecule has 1 aliphatic rings. The van der Waals surface area contributed by atoms with Gasteiger partial charge in [-0.3, -0.25) is 19.8 Å². The first kappa shape index (κ1) is 24.1. The lowest BCUT2D eigenvalue weighted by Crippen LogP contribution is -2.27. The molecule has 172 valence electrons. The summed E-state index contributed by atoms with van der Waals surface area (Å²) < 4.78 is 20.1. The fraction of sp³-hybridized carbons (Fsp3) is 0.0833. The van der Waals surface area contributed by atoms with Crippen LogP contribution in [0.25, 0.3) is 6.08 Å². The molecular formula is C24H16BrFN2O4S2. The highest BCUT2D eigenvalue weighted by molar-refractivity contribution is 9.10. The second-order valence-electron chi connectivity index (χ2n) is 7.30. The molecule has 0 atom stereocenters. The van der Waals surface area contributed by atoms with Gasteiger partial charge >= 0.3 is 0 Å². The van der Waals surface area contributed by atoms with E-state index in [1.54, 1.807) is 36.4 Å². The number of nitro groups is 1. The summed E-state index contributed by atoms with van der Waals surface area (Å²) in [4.78, 5) is 25.2. The number of ether oxygens (including phenoxy) is 1. The van der Waals surface area contributed by atoms with Gasteiger partial charge in [0.15, 0.2) is 0 Å². The summed E-state index contributed by atoms with van der Waals surface area (Å²) in [7, 11) is 0. The largest absolute Gasteiger partial charge is 0.488 e. The molecule has 1 aliphatic heterocycles. The molecule has 4 rings (SSSR count). The van der Waals surface area contributed by atoms with Gasteiger partial charge in [0.2, 0.25) is 0 Å². The fourth-order valence-electron chi connectivity index (χ4n) is 3.16. The van der Waals surface area contributed by atoms with Crippen molar-refractivity contribution < 1.29 is 18.8 Å². The maximum Gasteiger partial charge on any atom is 0.269 e. The van der Waals surface area contributed by atoms with Crippen molar-refractivity contribution in [1.29, 1.82) is 0 Å². The van der Waals surface area contributed by atoms with Crippen LogP contribution >= 0.6 is 39.9 Å².